The minimum atomic E-state index is -0.630. The Labute approximate surface area is 168 Å². The SMILES string of the molecule is CCCCCCCCCCNC(=O)c1ccc(OC(=O)C2CCCC2=O)cc1. The van der Waals surface area contributed by atoms with Gasteiger partial charge in [0.2, 0.25) is 0 Å². The fourth-order valence-corrected chi connectivity index (χ4v) is 3.49. The van der Waals surface area contributed by atoms with Gasteiger partial charge in [0.05, 0.1) is 0 Å². The van der Waals surface area contributed by atoms with Crippen LogP contribution in [0.15, 0.2) is 24.3 Å². The van der Waals surface area contributed by atoms with E-state index in [0.717, 1.165) is 19.3 Å². The molecule has 0 spiro atoms. The van der Waals surface area contributed by atoms with Crippen molar-refractivity contribution in [3.05, 3.63) is 29.8 Å². The summed E-state index contributed by atoms with van der Waals surface area (Å²) in [6, 6.07) is 6.48. The first-order valence-corrected chi connectivity index (χ1v) is 10.7. The van der Waals surface area contributed by atoms with Crippen molar-refractivity contribution in [2.45, 2.75) is 77.6 Å². The van der Waals surface area contributed by atoms with Gasteiger partial charge in [-0.25, -0.2) is 0 Å². The Morgan fingerprint density at radius 2 is 1.64 bits per heavy atom. The Bertz CT molecular complexity index is 639. The zero-order valence-electron chi connectivity index (χ0n) is 17.0. The molecule has 1 unspecified atom stereocenters. The molecule has 28 heavy (non-hydrogen) atoms. The van der Waals surface area contributed by atoms with Gasteiger partial charge in [0.1, 0.15) is 17.5 Å². The topological polar surface area (TPSA) is 72.5 Å². The number of Topliss-reactive ketones (excluding diaryl/α,β-unsaturated/α-hetero) is 1. The van der Waals surface area contributed by atoms with Crippen molar-refractivity contribution in [2.75, 3.05) is 6.54 Å². The molecule has 1 fully saturated rings. The van der Waals surface area contributed by atoms with E-state index in [1.807, 2.05) is 0 Å². The minimum absolute atomic E-state index is 0.0399. The van der Waals surface area contributed by atoms with E-state index in [2.05, 4.69) is 12.2 Å². The predicted octanol–water partition coefficient (Wildman–Crippen LogP) is 4.83. The Balaban J connectivity index is 1.63. The lowest BCUT2D eigenvalue weighted by Gasteiger charge is -2.09. The highest BCUT2D eigenvalue weighted by atomic mass is 16.5. The number of amides is 1. The number of carbonyl (C=O) groups is 3. The van der Waals surface area contributed by atoms with Gasteiger partial charge in [-0.15, -0.1) is 0 Å². The zero-order valence-corrected chi connectivity index (χ0v) is 17.0. The summed E-state index contributed by atoms with van der Waals surface area (Å²) in [6.07, 6.45) is 11.6. The van der Waals surface area contributed by atoms with Crippen molar-refractivity contribution in [3.8, 4) is 5.75 Å². The second-order valence-electron chi connectivity index (χ2n) is 7.59. The van der Waals surface area contributed by atoms with Gasteiger partial charge in [0.15, 0.2) is 0 Å². The highest BCUT2D eigenvalue weighted by molar-refractivity contribution is 6.01. The van der Waals surface area contributed by atoms with Crippen LogP contribution in [0.5, 0.6) is 5.75 Å². The van der Waals surface area contributed by atoms with Crippen molar-refractivity contribution in [3.63, 3.8) is 0 Å². The van der Waals surface area contributed by atoms with Gasteiger partial charge in [0, 0.05) is 18.5 Å². The summed E-state index contributed by atoms with van der Waals surface area (Å²) in [4.78, 5) is 35.8. The van der Waals surface area contributed by atoms with E-state index in [1.165, 1.54) is 38.5 Å². The lowest BCUT2D eigenvalue weighted by molar-refractivity contribution is -0.142. The second kappa shape index (κ2) is 12.3. The standard InChI is InChI=1S/C23H33NO4/c1-2-3-4-5-6-7-8-9-17-24-22(26)18-13-15-19(16-14-18)28-23(27)20-11-10-12-21(20)25/h13-16,20H,2-12,17H2,1H3,(H,24,26). The van der Waals surface area contributed by atoms with Crippen LogP contribution in [0.1, 0.15) is 87.9 Å². The van der Waals surface area contributed by atoms with Gasteiger partial charge < -0.3 is 10.1 Å². The monoisotopic (exact) mass is 387 g/mol. The van der Waals surface area contributed by atoms with Crippen molar-refractivity contribution in [2.24, 2.45) is 5.92 Å². The molecule has 154 valence electrons. The summed E-state index contributed by atoms with van der Waals surface area (Å²) in [5.41, 5.74) is 0.538. The van der Waals surface area contributed by atoms with Gasteiger partial charge in [-0.1, -0.05) is 51.9 Å². The molecule has 0 aliphatic heterocycles. The van der Waals surface area contributed by atoms with E-state index in [1.54, 1.807) is 24.3 Å². The van der Waals surface area contributed by atoms with Crippen LogP contribution in [0.4, 0.5) is 0 Å². The number of hydrogen-bond acceptors (Lipinski definition) is 4. The number of nitrogens with one attached hydrogen (secondary N) is 1. The van der Waals surface area contributed by atoms with Crippen LogP contribution in [-0.4, -0.2) is 24.2 Å². The largest absolute Gasteiger partial charge is 0.426 e. The van der Waals surface area contributed by atoms with Crippen molar-refractivity contribution < 1.29 is 19.1 Å². The second-order valence-corrected chi connectivity index (χ2v) is 7.59. The molecule has 5 nitrogen and oxygen atoms in total. The molecule has 1 aromatic carbocycles. The molecule has 0 bridgehead atoms. The molecule has 1 aliphatic carbocycles. The molecule has 1 atom stereocenters. The van der Waals surface area contributed by atoms with E-state index in [0.29, 0.717) is 30.7 Å². The molecule has 1 N–H and O–H groups in total. The Kier molecular flexibility index (Phi) is 9.73. The maximum absolute atomic E-state index is 12.2. The molecule has 1 aromatic rings. The summed E-state index contributed by atoms with van der Waals surface area (Å²) in [5.74, 6) is -0.915. The number of benzene rings is 1. The minimum Gasteiger partial charge on any atom is -0.426 e. The first-order chi connectivity index (χ1) is 13.6. The average molecular weight is 388 g/mol. The predicted molar refractivity (Wildman–Crippen MR) is 109 cm³/mol. The number of unbranched alkanes of at least 4 members (excludes halogenated alkanes) is 7. The number of esters is 1. The molecule has 1 saturated carbocycles. The van der Waals surface area contributed by atoms with Gasteiger partial charge in [-0.2, -0.15) is 0 Å². The Hall–Kier alpha value is -2.17. The van der Waals surface area contributed by atoms with Crippen LogP contribution in [0.3, 0.4) is 0 Å². The molecule has 1 amide bonds. The van der Waals surface area contributed by atoms with Gasteiger partial charge >= 0.3 is 5.97 Å². The molecule has 0 radical (unpaired) electrons. The summed E-state index contributed by atoms with van der Waals surface area (Å²) >= 11 is 0. The number of ketones is 1. The fourth-order valence-electron chi connectivity index (χ4n) is 3.49. The van der Waals surface area contributed by atoms with Crippen molar-refractivity contribution >= 4 is 17.7 Å². The smallest absolute Gasteiger partial charge is 0.321 e. The third-order valence-electron chi connectivity index (χ3n) is 5.24. The normalized spacial score (nSPS) is 16.2. The van der Waals surface area contributed by atoms with Crippen LogP contribution in [0.25, 0.3) is 0 Å². The van der Waals surface area contributed by atoms with Crippen LogP contribution in [-0.2, 0) is 9.59 Å². The first-order valence-electron chi connectivity index (χ1n) is 10.7. The highest BCUT2D eigenvalue weighted by Crippen LogP contribution is 2.24. The molecule has 2 rings (SSSR count). The van der Waals surface area contributed by atoms with Crippen molar-refractivity contribution in [1.29, 1.82) is 0 Å². The molecule has 0 aromatic heterocycles. The first kappa shape index (κ1) is 22.1. The van der Waals surface area contributed by atoms with E-state index < -0.39 is 11.9 Å². The van der Waals surface area contributed by atoms with Crippen LogP contribution in [0, 0.1) is 5.92 Å². The number of ether oxygens (including phenoxy) is 1. The molecular weight excluding hydrogens is 354 g/mol. The molecule has 0 heterocycles. The summed E-state index contributed by atoms with van der Waals surface area (Å²) in [7, 11) is 0. The van der Waals surface area contributed by atoms with Crippen LogP contribution in [0.2, 0.25) is 0 Å². The van der Waals surface area contributed by atoms with Crippen LogP contribution >= 0.6 is 0 Å². The van der Waals surface area contributed by atoms with Gasteiger partial charge in [-0.3, -0.25) is 14.4 Å². The quantitative estimate of drug-likeness (QED) is 0.241. The van der Waals surface area contributed by atoms with E-state index in [-0.39, 0.29) is 11.7 Å². The molecular formula is C23H33NO4. The maximum Gasteiger partial charge on any atom is 0.321 e. The number of hydrogen-bond donors (Lipinski definition) is 1. The van der Waals surface area contributed by atoms with E-state index >= 15 is 0 Å². The molecule has 1 aliphatic rings. The lowest BCUT2D eigenvalue weighted by atomic mass is 10.1. The molecule has 5 heteroatoms. The third kappa shape index (κ3) is 7.45. The van der Waals surface area contributed by atoms with E-state index in [9.17, 15) is 14.4 Å². The third-order valence-corrected chi connectivity index (χ3v) is 5.24. The van der Waals surface area contributed by atoms with E-state index in [4.69, 9.17) is 4.74 Å². The van der Waals surface area contributed by atoms with Gasteiger partial charge in [0.25, 0.3) is 5.91 Å². The van der Waals surface area contributed by atoms with Crippen molar-refractivity contribution in [1.82, 2.24) is 5.32 Å². The average Bonchev–Trinajstić information content (AvgIpc) is 3.13. The number of carbonyl (C=O) groups excluding carboxylic acids is 3. The summed E-state index contributed by atoms with van der Waals surface area (Å²) in [6.45, 7) is 2.90. The lowest BCUT2D eigenvalue weighted by Crippen LogP contribution is -2.25. The van der Waals surface area contributed by atoms with Crippen LogP contribution < -0.4 is 10.1 Å². The fraction of sp³-hybridized carbons (Fsp3) is 0.609. The zero-order chi connectivity index (χ0) is 20.2. The summed E-state index contributed by atoms with van der Waals surface area (Å²) < 4.78 is 5.27. The Morgan fingerprint density at radius 1 is 1.00 bits per heavy atom. The molecule has 0 saturated heterocycles. The Morgan fingerprint density at radius 3 is 2.25 bits per heavy atom. The maximum atomic E-state index is 12.2. The van der Waals surface area contributed by atoms with Gasteiger partial charge in [-0.05, 0) is 43.5 Å². The summed E-state index contributed by atoms with van der Waals surface area (Å²) in [5, 5.41) is 2.93. The number of rotatable bonds is 12. The highest BCUT2D eigenvalue weighted by Gasteiger charge is 2.32.